The van der Waals surface area contributed by atoms with Crippen LogP contribution in [-0.4, -0.2) is 5.78 Å². The summed E-state index contributed by atoms with van der Waals surface area (Å²) in [5, 5.41) is 0. The van der Waals surface area contributed by atoms with Crippen molar-refractivity contribution in [2.45, 2.75) is 40.0 Å². The summed E-state index contributed by atoms with van der Waals surface area (Å²) in [5.74, 6) is 0.815. The van der Waals surface area contributed by atoms with Crippen LogP contribution in [-0.2, 0) is 4.79 Å². The molecule has 0 amide bonds. The molecule has 0 N–H and O–H groups in total. The topological polar surface area (TPSA) is 17.1 Å². The van der Waals surface area contributed by atoms with E-state index in [1.54, 1.807) is 0 Å². The fourth-order valence-corrected chi connectivity index (χ4v) is 2.51. The van der Waals surface area contributed by atoms with Crippen LogP contribution >= 0.6 is 0 Å². The third-order valence-electron chi connectivity index (χ3n) is 3.63. The van der Waals surface area contributed by atoms with Gasteiger partial charge >= 0.3 is 0 Å². The minimum Gasteiger partial charge on any atom is -0.299 e. The molecule has 1 atom stereocenters. The Morgan fingerprint density at radius 3 is 2.07 bits per heavy atom. The Hall–Kier alpha value is -1.11. The van der Waals surface area contributed by atoms with Crippen LogP contribution in [0.25, 0.3) is 0 Å². The fraction of sp³-hybridized carbons (Fsp3) is 0.500. The van der Waals surface area contributed by atoms with Crippen molar-refractivity contribution in [3.8, 4) is 0 Å². The number of ketones is 1. The minimum atomic E-state index is -0.153. The highest BCUT2D eigenvalue weighted by atomic mass is 16.1. The third kappa shape index (κ3) is 1.60. The SMILES string of the molecule is Cc1cc(C)cc(C2CC(=O)C2(C)C)c1. The first-order valence-electron chi connectivity index (χ1n) is 5.53. The molecule has 80 valence electrons. The number of aryl methyl sites for hydroxylation is 2. The van der Waals surface area contributed by atoms with Crippen LogP contribution in [0.5, 0.6) is 0 Å². The Morgan fingerprint density at radius 2 is 1.67 bits per heavy atom. The first-order valence-corrected chi connectivity index (χ1v) is 5.53. The van der Waals surface area contributed by atoms with Crippen LogP contribution in [0.3, 0.4) is 0 Å². The molecule has 0 heterocycles. The lowest BCUT2D eigenvalue weighted by molar-refractivity contribution is -0.137. The summed E-state index contributed by atoms with van der Waals surface area (Å²) in [7, 11) is 0. The van der Waals surface area contributed by atoms with Crippen molar-refractivity contribution in [1.82, 2.24) is 0 Å². The second-order valence-electron chi connectivity index (χ2n) is 5.32. The Bertz CT molecular complexity index is 395. The zero-order valence-electron chi connectivity index (χ0n) is 9.92. The van der Waals surface area contributed by atoms with E-state index in [0.29, 0.717) is 11.7 Å². The second-order valence-corrected chi connectivity index (χ2v) is 5.32. The van der Waals surface area contributed by atoms with E-state index >= 15 is 0 Å². The number of Topliss-reactive ketones (excluding diaryl/α,β-unsaturated/α-hetero) is 1. The fourth-order valence-electron chi connectivity index (χ4n) is 2.51. The van der Waals surface area contributed by atoms with E-state index < -0.39 is 0 Å². The van der Waals surface area contributed by atoms with Crippen LogP contribution in [0.1, 0.15) is 42.9 Å². The van der Waals surface area contributed by atoms with Crippen molar-refractivity contribution in [3.63, 3.8) is 0 Å². The zero-order valence-corrected chi connectivity index (χ0v) is 9.92. The van der Waals surface area contributed by atoms with Gasteiger partial charge in [-0.2, -0.15) is 0 Å². The smallest absolute Gasteiger partial charge is 0.139 e. The highest BCUT2D eigenvalue weighted by Gasteiger charge is 2.47. The lowest BCUT2D eigenvalue weighted by Gasteiger charge is -2.43. The van der Waals surface area contributed by atoms with Crippen molar-refractivity contribution in [1.29, 1.82) is 0 Å². The molecule has 1 aliphatic carbocycles. The Balaban J connectivity index is 2.36. The molecule has 0 saturated heterocycles. The van der Waals surface area contributed by atoms with Gasteiger partial charge in [-0.1, -0.05) is 43.2 Å². The maximum Gasteiger partial charge on any atom is 0.139 e. The molecular weight excluding hydrogens is 184 g/mol. The monoisotopic (exact) mass is 202 g/mol. The molecule has 0 spiro atoms. The molecule has 1 aromatic rings. The van der Waals surface area contributed by atoms with Gasteiger partial charge in [-0.15, -0.1) is 0 Å². The van der Waals surface area contributed by atoms with Crippen LogP contribution in [0.4, 0.5) is 0 Å². The Labute approximate surface area is 91.5 Å². The normalized spacial score (nSPS) is 23.7. The number of hydrogen-bond acceptors (Lipinski definition) is 1. The summed E-state index contributed by atoms with van der Waals surface area (Å²) in [6.45, 7) is 8.34. The van der Waals surface area contributed by atoms with Crippen molar-refractivity contribution >= 4 is 5.78 Å². The number of rotatable bonds is 1. The summed E-state index contributed by atoms with van der Waals surface area (Å²) in [4.78, 5) is 11.5. The number of carbonyl (C=O) groups is 1. The van der Waals surface area contributed by atoms with E-state index in [4.69, 9.17) is 0 Å². The van der Waals surface area contributed by atoms with Gasteiger partial charge in [0.25, 0.3) is 0 Å². The maximum absolute atomic E-state index is 11.5. The Morgan fingerprint density at radius 1 is 1.13 bits per heavy atom. The molecule has 1 aliphatic rings. The summed E-state index contributed by atoms with van der Waals surface area (Å²) in [6.07, 6.45) is 0.718. The quantitative estimate of drug-likeness (QED) is 0.682. The number of carbonyl (C=O) groups excluding carboxylic acids is 1. The lowest BCUT2D eigenvalue weighted by Crippen LogP contribution is -2.43. The first kappa shape index (κ1) is 10.4. The van der Waals surface area contributed by atoms with Crippen LogP contribution < -0.4 is 0 Å². The molecule has 1 aromatic carbocycles. The van der Waals surface area contributed by atoms with E-state index in [-0.39, 0.29) is 5.41 Å². The van der Waals surface area contributed by atoms with E-state index in [2.05, 4.69) is 45.9 Å². The van der Waals surface area contributed by atoms with Gasteiger partial charge in [-0.25, -0.2) is 0 Å². The Kier molecular flexibility index (Phi) is 2.22. The summed E-state index contributed by atoms with van der Waals surface area (Å²) in [6, 6.07) is 6.61. The van der Waals surface area contributed by atoms with Gasteiger partial charge in [0.1, 0.15) is 5.78 Å². The van der Waals surface area contributed by atoms with Gasteiger partial charge < -0.3 is 0 Å². The molecular formula is C14H18O. The van der Waals surface area contributed by atoms with E-state index in [1.165, 1.54) is 16.7 Å². The van der Waals surface area contributed by atoms with Crippen LogP contribution in [0.2, 0.25) is 0 Å². The molecule has 0 radical (unpaired) electrons. The van der Waals surface area contributed by atoms with Crippen molar-refractivity contribution in [3.05, 3.63) is 34.9 Å². The maximum atomic E-state index is 11.5. The summed E-state index contributed by atoms with van der Waals surface area (Å²) in [5.41, 5.74) is 3.76. The highest BCUT2D eigenvalue weighted by molar-refractivity contribution is 5.92. The van der Waals surface area contributed by atoms with Gasteiger partial charge in [0, 0.05) is 17.8 Å². The van der Waals surface area contributed by atoms with E-state index in [9.17, 15) is 4.79 Å². The molecule has 1 fully saturated rings. The van der Waals surface area contributed by atoms with Gasteiger partial charge in [0.2, 0.25) is 0 Å². The second kappa shape index (κ2) is 3.19. The van der Waals surface area contributed by atoms with Crippen molar-refractivity contribution < 1.29 is 4.79 Å². The lowest BCUT2D eigenvalue weighted by atomic mass is 9.59. The number of benzene rings is 1. The van der Waals surface area contributed by atoms with Crippen molar-refractivity contribution in [2.24, 2.45) is 5.41 Å². The molecule has 15 heavy (non-hydrogen) atoms. The third-order valence-corrected chi connectivity index (χ3v) is 3.63. The molecule has 0 aromatic heterocycles. The molecule has 1 saturated carbocycles. The predicted octanol–water partition coefficient (Wildman–Crippen LogP) is 3.39. The molecule has 1 unspecified atom stereocenters. The van der Waals surface area contributed by atoms with Gasteiger partial charge in [-0.3, -0.25) is 4.79 Å². The average Bonchev–Trinajstić information content (AvgIpc) is 2.12. The van der Waals surface area contributed by atoms with E-state index in [0.717, 1.165) is 6.42 Å². The average molecular weight is 202 g/mol. The van der Waals surface area contributed by atoms with Gasteiger partial charge in [0.05, 0.1) is 0 Å². The molecule has 1 nitrogen and oxygen atoms in total. The molecule has 1 heteroatoms. The number of hydrogen-bond donors (Lipinski definition) is 0. The molecule has 2 rings (SSSR count). The van der Waals surface area contributed by atoms with Gasteiger partial charge in [-0.05, 0) is 19.4 Å². The highest BCUT2D eigenvalue weighted by Crippen LogP contribution is 2.49. The minimum absolute atomic E-state index is 0.153. The zero-order chi connectivity index (χ0) is 11.2. The van der Waals surface area contributed by atoms with Crippen LogP contribution in [0, 0.1) is 19.3 Å². The summed E-state index contributed by atoms with van der Waals surface area (Å²) < 4.78 is 0. The first-order chi connectivity index (χ1) is 6.91. The van der Waals surface area contributed by atoms with Crippen molar-refractivity contribution in [2.75, 3.05) is 0 Å². The molecule has 0 aliphatic heterocycles. The molecule has 0 bridgehead atoms. The predicted molar refractivity (Wildman–Crippen MR) is 62.1 cm³/mol. The van der Waals surface area contributed by atoms with E-state index in [1.807, 2.05) is 0 Å². The summed E-state index contributed by atoms with van der Waals surface area (Å²) >= 11 is 0. The van der Waals surface area contributed by atoms with Gasteiger partial charge in [0.15, 0.2) is 0 Å². The van der Waals surface area contributed by atoms with Crippen LogP contribution in [0.15, 0.2) is 18.2 Å². The largest absolute Gasteiger partial charge is 0.299 e. The standard InChI is InChI=1S/C14H18O/c1-9-5-10(2)7-11(6-9)12-8-13(15)14(12,3)4/h5-7,12H,8H2,1-4H3.